The molecule has 0 N–H and O–H groups in total. The molecule has 0 aliphatic heterocycles. The molecule has 18 heavy (non-hydrogen) atoms. The van der Waals surface area contributed by atoms with Gasteiger partial charge in [0.2, 0.25) is 0 Å². The number of likely N-dealkylation sites (N-methyl/N-ethyl adjacent to an activating group) is 1. The molecular formula is C14H18N2O2. The van der Waals surface area contributed by atoms with Crippen molar-refractivity contribution in [3.8, 4) is 11.8 Å². The molecule has 0 aliphatic rings. The number of nitriles is 1. The third-order valence-corrected chi connectivity index (χ3v) is 2.62. The summed E-state index contributed by atoms with van der Waals surface area (Å²) in [4.78, 5) is 13.4. The molecule has 1 amide bonds. The van der Waals surface area contributed by atoms with Crippen molar-refractivity contribution in [3.63, 3.8) is 0 Å². The average Bonchev–Trinajstić information content (AvgIpc) is 2.37. The van der Waals surface area contributed by atoms with Gasteiger partial charge in [-0.1, -0.05) is 17.7 Å². The third-order valence-electron chi connectivity index (χ3n) is 2.62. The Morgan fingerprint density at radius 1 is 1.44 bits per heavy atom. The van der Waals surface area contributed by atoms with Gasteiger partial charge in [-0.2, -0.15) is 5.26 Å². The molecule has 0 heterocycles. The zero-order valence-electron chi connectivity index (χ0n) is 11.0. The van der Waals surface area contributed by atoms with Crippen LogP contribution in [0.25, 0.3) is 0 Å². The standard InChI is InChI=1S/C14H18N2O2/c1-11-5-7-13(8-6-11)18-12(2)14(17)16(3)10-4-9-15/h5-8,12H,4,10H2,1-3H3. The Morgan fingerprint density at radius 3 is 2.61 bits per heavy atom. The number of carbonyl (C=O) groups excluding carboxylic acids is 1. The van der Waals surface area contributed by atoms with E-state index in [9.17, 15) is 4.79 Å². The topological polar surface area (TPSA) is 53.3 Å². The number of hydrogen-bond acceptors (Lipinski definition) is 3. The summed E-state index contributed by atoms with van der Waals surface area (Å²) in [7, 11) is 1.68. The molecule has 0 saturated carbocycles. The molecule has 0 spiro atoms. The van der Waals surface area contributed by atoms with E-state index in [2.05, 4.69) is 0 Å². The smallest absolute Gasteiger partial charge is 0.263 e. The van der Waals surface area contributed by atoms with Crippen LogP contribution in [0.15, 0.2) is 24.3 Å². The lowest BCUT2D eigenvalue weighted by Gasteiger charge is -2.21. The van der Waals surface area contributed by atoms with Crippen LogP contribution in [0.3, 0.4) is 0 Å². The van der Waals surface area contributed by atoms with Gasteiger partial charge in [0.15, 0.2) is 6.10 Å². The van der Waals surface area contributed by atoms with Crippen LogP contribution in [0.4, 0.5) is 0 Å². The molecule has 4 heteroatoms. The van der Waals surface area contributed by atoms with E-state index >= 15 is 0 Å². The minimum Gasteiger partial charge on any atom is -0.481 e. The predicted octanol–water partition coefficient (Wildman–Crippen LogP) is 2.13. The maximum absolute atomic E-state index is 11.9. The van der Waals surface area contributed by atoms with Gasteiger partial charge in [0.05, 0.1) is 12.5 Å². The van der Waals surface area contributed by atoms with Crippen molar-refractivity contribution >= 4 is 5.91 Å². The Balaban J connectivity index is 2.54. The molecule has 1 aromatic carbocycles. The lowest BCUT2D eigenvalue weighted by Crippen LogP contribution is -2.38. The summed E-state index contributed by atoms with van der Waals surface area (Å²) in [5, 5.41) is 8.48. The van der Waals surface area contributed by atoms with Crippen molar-refractivity contribution in [2.75, 3.05) is 13.6 Å². The van der Waals surface area contributed by atoms with Crippen molar-refractivity contribution in [2.45, 2.75) is 26.4 Å². The average molecular weight is 246 g/mol. The van der Waals surface area contributed by atoms with Crippen LogP contribution in [0.2, 0.25) is 0 Å². The number of ether oxygens (including phenoxy) is 1. The van der Waals surface area contributed by atoms with E-state index < -0.39 is 6.10 Å². The molecular weight excluding hydrogens is 228 g/mol. The van der Waals surface area contributed by atoms with Gasteiger partial charge in [-0.05, 0) is 26.0 Å². The van der Waals surface area contributed by atoms with Gasteiger partial charge < -0.3 is 9.64 Å². The maximum Gasteiger partial charge on any atom is 0.263 e. The maximum atomic E-state index is 11.9. The van der Waals surface area contributed by atoms with E-state index in [1.165, 1.54) is 4.90 Å². The van der Waals surface area contributed by atoms with E-state index in [0.717, 1.165) is 5.56 Å². The second kappa shape index (κ2) is 6.65. The number of amides is 1. The lowest BCUT2D eigenvalue weighted by atomic mass is 10.2. The fraction of sp³-hybridized carbons (Fsp3) is 0.429. The van der Waals surface area contributed by atoms with Crippen molar-refractivity contribution in [2.24, 2.45) is 0 Å². The minimum atomic E-state index is -0.545. The Labute approximate surface area is 108 Å². The number of hydrogen-bond donors (Lipinski definition) is 0. The molecule has 0 aromatic heterocycles. The van der Waals surface area contributed by atoms with E-state index in [1.54, 1.807) is 14.0 Å². The number of nitrogens with zero attached hydrogens (tertiary/aromatic N) is 2. The summed E-state index contributed by atoms with van der Waals surface area (Å²) in [5.74, 6) is 0.556. The van der Waals surface area contributed by atoms with Crippen molar-refractivity contribution in [3.05, 3.63) is 29.8 Å². The fourth-order valence-electron chi connectivity index (χ4n) is 1.51. The Bertz CT molecular complexity index is 434. The van der Waals surface area contributed by atoms with Crippen LogP contribution in [0, 0.1) is 18.3 Å². The monoisotopic (exact) mass is 246 g/mol. The predicted molar refractivity (Wildman–Crippen MR) is 69.1 cm³/mol. The molecule has 1 atom stereocenters. The summed E-state index contributed by atoms with van der Waals surface area (Å²) in [5.41, 5.74) is 1.15. The fourth-order valence-corrected chi connectivity index (χ4v) is 1.51. The number of benzene rings is 1. The number of rotatable bonds is 5. The van der Waals surface area contributed by atoms with Crippen LogP contribution < -0.4 is 4.74 Å². The molecule has 1 aromatic rings. The van der Waals surface area contributed by atoms with Crippen molar-refractivity contribution in [1.82, 2.24) is 4.90 Å². The first kappa shape index (κ1) is 14.0. The quantitative estimate of drug-likeness (QED) is 0.799. The van der Waals surface area contributed by atoms with Gasteiger partial charge in [0.25, 0.3) is 5.91 Å². The van der Waals surface area contributed by atoms with E-state index in [1.807, 2.05) is 37.3 Å². The second-order valence-electron chi connectivity index (χ2n) is 4.24. The number of carbonyl (C=O) groups is 1. The first-order valence-electron chi connectivity index (χ1n) is 5.90. The zero-order chi connectivity index (χ0) is 13.5. The SMILES string of the molecule is Cc1ccc(OC(C)C(=O)N(C)CCC#N)cc1. The van der Waals surface area contributed by atoms with E-state index in [0.29, 0.717) is 18.7 Å². The minimum absolute atomic E-state index is 0.120. The molecule has 0 bridgehead atoms. The zero-order valence-corrected chi connectivity index (χ0v) is 11.0. The van der Waals surface area contributed by atoms with Gasteiger partial charge in [-0.25, -0.2) is 0 Å². The van der Waals surface area contributed by atoms with Crippen molar-refractivity contribution in [1.29, 1.82) is 5.26 Å². The largest absolute Gasteiger partial charge is 0.481 e. The molecule has 0 aliphatic carbocycles. The molecule has 1 unspecified atom stereocenters. The van der Waals surface area contributed by atoms with E-state index in [-0.39, 0.29) is 5.91 Å². The lowest BCUT2D eigenvalue weighted by molar-refractivity contribution is -0.136. The Kier molecular flexibility index (Phi) is 5.19. The summed E-state index contributed by atoms with van der Waals surface area (Å²) in [6, 6.07) is 9.57. The molecule has 0 radical (unpaired) electrons. The van der Waals surface area contributed by atoms with Gasteiger partial charge in [0.1, 0.15) is 5.75 Å². The van der Waals surface area contributed by atoms with Crippen LogP contribution >= 0.6 is 0 Å². The van der Waals surface area contributed by atoms with Crippen molar-refractivity contribution < 1.29 is 9.53 Å². The molecule has 4 nitrogen and oxygen atoms in total. The van der Waals surface area contributed by atoms with Crippen LogP contribution in [-0.2, 0) is 4.79 Å². The Morgan fingerprint density at radius 2 is 2.06 bits per heavy atom. The highest BCUT2D eigenvalue weighted by atomic mass is 16.5. The Hall–Kier alpha value is -2.02. The molecule has 0 fully saturated rings. The first-order valence-corrected chi connectivity index (χ1v) is 5.90. The highest BCUT2D eigenvalue weighted by Crippen LogP contribution is 2.14. The summed E-state index contributed by atoms with van der Waals surface area (Å²) < 4.78 is 5.56. The van der Waals surface area contributed by atoms with Crippen LogP contribution in [-0.4, -0.2) is 30.5 Å². The molecule has 96 valence electrons. The van der Waals surface area contributed by atoms with Gasteiger partial charge in [-0.15, -0.1) is 0 Å². The summed E-state index contributed by atoms with van der Waals surface area (Å²) >= 11 is 0. The second-order valence-corrected chi connectivity index (χ2v) is 4.24. The summed E-state index contributed by atoms with van der Waals surface area (Å²) in [6.07, 6.45) is -0.212. The van der Waals surface area contributed by atoms with Gasteiger partial charge >= 0.3 is 0 Å². The first-order chi connectivity index (χ1) is 8.54. The summed E-state index contributed by atoms with van der Waals surface area (Å²) in [6.45, 7) is 4.13. The van der Waals surface area contributed by atoms with E-state index in [4.69, 9.17) is 10.00 Å². The van der Waals surface area contributed by atoms with Crippen LogP contribution in [0.5, 0.6) is 5.75 Å². The van der Waals surface area contributed by atoms with Gasteiger partial charge in [-0.3, -0.25) is 4.79 Å². The highest BCUT2D eigenvalue weighted by molar-refractivity contribution is 5.80. The van der Waals surface area contributed by atoms with Crippen LogP contribution in [0.1, 0.15) is 18.9 Å². The number of aryl methyl sites for hydroxylation is 1. The highest BCUT2D eigenvalue weighted by Gasteiger charge is 2.18. The van der Waals surface area contributed by atoms with Gasteiger partial charge in [0, 0.05) is 13.6 Å². The third kappa shape index (κ3) is 4.10. The normalized spacial score (nSPS) is 11.4. The molecule has 1 rings (SSSR count). The molecule has 0 saturated heterocycles.